The maximum absolute atomic E-state index is 14.5. The summed E-state index contributed by atoms with van der Waals surface area (Å²) in [6.45, 7) is 8.81. The predicted molar refractivity (Wildman–Crippen MR) is 118 cm³/mol. The molecule has 1 aliphatic carbocycles. The third-order valence-electron chi connectivity index (χ3n) is 7.21. The van der Waals surface area contributed by atoms with Crippen LogP contribution in [0.5, 0.6) is 0 Å². The average molecular weight is 463 g/mol. The van der Waals surface area contributed by atoms with Crippen LogP contribution in [0, 0.1) is 40.9 Å². The molecule has 1 aliphatic rings. The topological polar surface area (TPSA) is 9.23 Å². The van der Waals surface area contributed by atoms with Crippen LogP contribution < -0.4 is 0 Å². The minimum Gasteiger partial charge on any atom is -0.376 e. The summed E-state index contributed by atoms with van der Waals surface area (Å²) in [5, 5.41) is 0. The van der Waals surface area contributed by atoms with Crippen LogP contribution in [-0.2, 0) is 4.74 Å². The molecule has 6 heteroatoms. The molecular formula is C26H39F5O. The summed E-state index contributed by atoms with van der Waals surface area (Å²) in [6.07, 6.45) is 10.4. The van der Waals surface area contributed by atoms with E-state index in [1.165, 1.54) is 25.7 Å². The third kappa shape index (κ3) is 6.45. The molecule has 1 aromatic rings. The first-order valence-corrected chi connectivity index (χ1v) is 12.3. The normalized spacial score (nSPS) is 20.5. The van der Waals surface area contributed by atoms with Crippen molar-refractivity contribution in [2.45, 2.75) is 110 Å². The van der Waals surface area contributed by atoms with Gasteiger partial charge in [0.2, 0.25) is 5.82 Å². The van der Waals surface area contributed by atoms with Gasteiger partial charge in [0, 0.05) is 12.2 Å². The van der Waals surface area contributed by atoms with Crippen molar-refractivity contribution in [3.8, 4) is 0 Å². The predicted octanol–water partition coefficient (Wildman–Crippen LogP) is 8.84. The van der Waals surface area contributed by atoms with Gasteiger partial charge in [-0.15, -0.1) is 0 Å². The zero-order valence-corrected chi connectivity index (χ0v) is 20.0. The average Bonchev–Trinajstić information content (AvgIpc) is 2.76. The van der Waals surface area contributed by atoms with E-state index in [0.29, 0.717) is 25.9 Å². The Labute approximate surface area is 190 Å². The highest BCUT2D eigenvalue weighted by atomic mass is 19.2. The molecule has 1 saturated carbocycles. The quantitative estimate of drug-likeness (QED) is 0.130. The first kappa shape index (κ1) is 27.1. The Kier molecular flexibility index (Phi) is 10.4. The van der Waals surface area contributed by atoms with Crippen molar-refractivity contribution < 1.29 is 26.7 Å². The van der Waals surface area contributed by atoms with Crippen molar-refractivity contribution in [3.63, 3.8) is 0 Å². The Bertz CT molecular complexity index is 704. The fraction of sp³-hybridized carbons (Fsp3) is 0.769. The van der Waals surface area contributed by atoms with Gasteiger partial charge in [0.25, 0.3) is 0 Å². The standard InChI is InChI=1S/C26H39F5O/c1-5-7-8-9-10-11-15-19(26(3,4)32-6-2)17-13-12-14-18(16-17)20-21(27)23(29)25(31)24(30)22(20)28/h17-19H,5-16H2,1-4H3. The zero-order valence-electron chi connectivity index (χ0n) is 20.0. The lowest BCUT2D eigenvalue weighted by molar-refractivity contribution is -0.0816. The molecule has 0 spiro atoms. The van der Waals surface area contributed by atoms with Crippen molar-refractivity contribution in [2.75, 3.05) is 6.61 Å². The Morgan fingerprint density at radius 3 is 1.97 bits per heavy atom. The van der Waals surface area contributed by atoms with Crippen LogP contribution in [0.3, 0.4) is 0 Å². The van der Waals surface area contributed by atoms with E-state index >= 15 is 0 Å². The highest BCUT2D eigenvalue weighted by Gasteiger charge is 2.40. The van der Waals surface area contributed by atoms with Gasteiger partial charge in [-0.3, -0.25) is 0 Å². The highest BCUT2D eigenvalue weighted by molar-refractivity contribution is 5.28. The minimum atomic E-state index is -2.09. The zero-order chi connectivity index (χ0) is 23.9. The van der Waals surface area contributed by atoms with Crippen molar-refractivity contribution in [1.29, 1.82) is 0 Å². The molecule has 0 radical (unpaired) electrons. The van der Waals surface area contributed by atoms with E-state index in [-0.39, 0.29) is 11.8 Å². The van der Waals surface area contributed by atoms with Crippen LogP contribution in [0.4, 0.5) is 22.0 Å². The summed E-state index contributed by atoms with van der Waals surface area (Å²) in [6, 6.07) is 0. The van der Waals surface area contributed by atoms with Gasteiger partial charge in [-0.25, -0.2) is 22.0 Å². The maximum Gasteiger partial charge on any atom is 0.200 e. The van der Waals surface area contributed by atoms with Gasteiger partial charge in [-0.1, -0.05) is 58.3 Å². The number of halogens is 5. The molecule has 1 nitrogen and oxygen atoms in total. The van der Waals surface area contributed by atoms with E-state index in [2.05, 4.69) is 20.8 Å². The first-order chi connectivity index (χ1) is 15.2. The highest BCUT2D eigenvalue weighted by Crippen LogP contribution is 2.46. The first-order valence-electron chi connectivity index (χ1n) is 12.3. The van der Waals surface area contributed by atoms with Crippen LogP contribution in [0.1, 0.15) is 110 Å². The summed E-state index contributed by atoms with van der Waals surface area (Å²) >= 11 is 0. The lowest BCUT2D eigenvalue weighted by atomic mass is 9.67. The molecule has 1 fully saturated rings. The van der Waals surface area contributed by atoms with E-state index in [1.54, 1.807) is 0 Å². The van der Waals surface area contributed by atoms with Crippen molar-refractivity contribution in [3.05, 3.63) is 34.6 Å². The van der Waals surface area contributed by atoms with Crippen LogP contribution in [-0.4, -0.2) is 12.2 Å². The van der Waals surface area contributed by atoms with E-state index in [1.807, 2.05) is 6.92 Å². The van der Waals surface area contributed by atoms with E-state index in [0.717, 1.165) is 25.7 Å². The molecular weight excluding hydrogens is 423 g/mol. The fourth-order valence-electron chi connectivity index (χ4n) is 5.61. The Morgan fingerprint density at radius 2 is 1.38 bits per heavy atom. The minimum absolute atomic E-state index is 0.112. The van der Waals surface area contributed by atoms with E-state index in [4.69, 9.17) is 4.74 Å². The molecule has 0 heterocycles. The fourth-order valence-corrected chi connectivity index (χ4v) is 5.61. The number of hydrogen-bond donors (Lipinski definition) is 0. The Morgan fingerprint density at radius 1 is 0.812 bits per heavy atom. The van der Waals surface area contributed by atoms with Crippen molar-refractivity contribution >= 4 is 0 Å². The summed E-state index contributed by atoms with van der Waals surface area (Å²) in [5.74, 6) is -9.54. The van der Waals surface area contributed by atoms with Gasteiger partial charge < -0.3 is 4.74 Å². The number of ether oxygens (including phenoxy) is 1. The second-order valence-electron chi connectivity index (χ2n) is 9.81. The SMILES string of the molecule is CCCCCCCCC(C1CCCC(c2c(F)c(F)c(F)c(F)c2F)C1)C(C)(C)OCC. The maximum atomic E-state index is 14.5. The summed E-state index contributed by atoms with van der Waals surface area (Å²) in [7, 11) is 0. The summed E-state index contributed by atoms with van der Waals surface area (Å²) < 4.78 is 76.2. The van der Waals surface area contributed by atoms with Gasteiger partial charge in [0.05, 0.1) is 5.60 Å². The molecule has 2 rings (SSSR count). The Hall–Kier alpha value is -1.17. The summed E-state index contributed by atoms with van der Waals surface area (Å²) in [4.78, 5) is 0. The van der Waals surface area contributed by atoms with Crippen molar-refractivity contribution in [1.82, 2.24) is 0 Å². The number of benzene rings is 1. The molecule has 32 heavy (non-hydrogen) atoms. The van der Waals surface area contributed by atoms with Crippen LogP contribution in [0.15, 0.2) is 0 Å². The van der Waals surface area contributed by atoms with Gasteiger partial charge in [-0.05, 0) is 57.8 Å². The molecule has 0 N–H and O–H groups in total. The molecule has 1 aromatic carbocycles. The number of unbranched alkanes of at least 4 members (excludes halogenated alkanes) is 5. The van der Waals surface area contributed by atoms with Crippen LogP contribution in [0.2, 0.25) is 0 Å². The van der Waals surface area contributed by atoms with Crippen molar-refractivity contribution in [2.24, 2.45) is 11.8 Å². The van der Waals surface area contributed by atoms with Crippen LogP contribution >= 0.6 is 0 Å². The molecule has 0 aromatic heterocycles. The molecule has 0 amide bonds. The monoisotopic (exact) mass is 462 g/mol. The number of hydrogen-bond acceptors (Lipinski definition) is 1. The lowest BCUT2D eigenvalue weighted by Crippen LogP contribution is -2.41. The number of rotatable bonds is 12. The molecule has 0 bridgehead atoms. The Balaban J connectivity index is 2.21. The second-order valence-corrected chi connectivity index (χ2v) is 9.81. The molecule has 0 aliphatic heterocycles. The second kappa shape index (κ2) is 12.3. The van der Waals surface area contributed by atoms with Gasteiger partial charge in [-0.2, -0.15) is 0 Å². The van der Waals surface area contributed by atoms with Gasteiger partial charge in [0.1, 0.15) is 0 Å². The van der Waals surface area contributed by atoms with E-state index in [9.17, 15) is 22.0 Å². The summed E-state index contributed by atoms with van der Waals surface area (Å²) in [5.41, 5.74) is -1.06. The largest absolute Gasteiger partial charge is 0.376 e. The van der Waals surface area contributed by atoms with E-state index < -0.39 is 46.2 Å². The van der Waals surface area contributed by atoms with Gasteiger partial charge in [0.15, 0.2) is 23.3 Å². The molecule has 0 saturated heterocycles. The lowest BCUT2D eigenvalue weighted by Gasteiger charge is -2.43. The van der Waals surface area contributed by atoms with Gasteiger partial charge >= 0.3 is 0 Å². The molecule has 3 atom stereocenters. The van der Waals surface area contributed by atoms with Crippen LogP contribution in [0.25, 0.3) is 0 Å². The molecule has 184 valence electrons. The molecule has 3 unspecified atom stereocenters. The smallest absolute Gasteiger partial charge is 0.200 e. The third-order valence-corrected chi connectivity index (χ3v) is 7.21.